The van der Waals surface area contributed by atoms with E-state index in [9.17, 15) is 0 Å². The highest BCUT2D eigenvalue weighted by Crippen LogP contribution is 2.52. The van der Waals surface area contributed by atoms with Gasteiger partial charge in [0, 0.05) is 0 Å². The molecule has 0 radical (unpaired) electrons. The summed E-state index contributed by atoms with van der Waals surface area (Å²) >= 11 is 0. The van der Waals surface area contributed by atoms with Gasteiger partial charge in [-0.1, -0.05) is 151 Å². The Kier molecular flexibility index (Phi) is 7.59. The molecule has 0 atom stereocenters. The minimum Gasteiger partial charge on any atom is -0.0911 e. The molecule has 13 rings (SSSR count). The molecular formula is C63H44. The van der Waals surface area contributed by atoms with Crippen molar-refractivity contribution in [2.75, 3.05) is 0 Å². The number of aryl methyl sites for hydroxylation is 4. The van der Waals surface area contributed by atoms with Crippen molar-refractivity contribution in [2.24, 2.45) is 0 Å². The molecule has 0 aromatic heterocycles. The number of rotatable bonds is 2. The average molecular weight is 801 g/mol. The maximum absolute atomic E-state index is 4.55. The van der Waals surface area contributed by atoms with Crippen LogP contribution < -0.4 is 0 Å². The van der Waals surface area contributed by atoms with Gasteiger partial charge < -0.3 is 0 Å². The van der Waals surface area contributed by atoms with Crippen LogP contribution in [-0.4, -0.2) is 0 Å². The number of benzene rings is 11. The molecule has 0 heteroatoms. The van der Waals surface area contributed by atoms with Gasteiger partial charge in [-0.2, -0.15) is 0 Å². The van der Waals surface area contributed by atoms with Crippen LogP contribution in [0.25, 0.3) is 125 Å². The molecule has 0 amide bonds. The largest absolute Gasteiger partial charge is 0.0911 e. The first-order chi connectivity index (χ1) is 30.8. The Bertz CT molecular complexity index is 3980. The van der Waals surface area contributed by atoms with Crippen LogP contribution in [0.1, 0.15) is 33.4 Å². The molecule has 2 aliphatic carbocycles. The zero-order valence-corrected chi connectivity index (χ0v) is 36.1. The van der Waals surface area contributed by atoms with Crippen molar-refractivity contribution in [3.63, 3.8) is 0 Å². The highest BCUT2D eigenvalue weighted by atomic mass is 14.3. The number of allylic oxidation sites excluding steroid dienone is 5. The molecule has 0 saturated carbocycles. The van der Waals surface area contributed by atoms with E-state index in [-0.39, 0.29) is 0 Å². The molecule has 0 saturated heterocycles. The number of hydrogen-bond acceptors (Lipinski definition) is 0. The van der Waals surface area contributed by atoms with Crippen molar-refractivity contribution in [3.8, 4) is 44.5 Å². The van der Waals surface area contributed by atoms with Crippen LogP contribution in [0.3, 0.4) is 0 Å². The first-order valence-electron chi connectivity index (χ1n) is 22.3. The summed E-state index contributed by atoms with van der Waals surface area (Å²) in [5, 5.41) is 18.2. The van der Waals surface area contributed by atoms with Gasteiger partial charge in [0.05, 0.1) is 0 Å². The lowest BCUT2D eigenvalue weighted by atomic mass is 9.84. The predicted molar refractivity (Wildman–Crippen MR) is 274 cm³/mol. The fourth-order valence-corrected chi connectivity index (χ4v) is 11.5. The van der Waals surface area contributed by atoms with Crippen molar-refractivity contribution < 1.29 is 0 Å². The smallest absolute Gasteiger partial charge is 0.00172 e. The van der Waals surface area contributed by atoms with Crippen molar-refractivity contribution >= 4 is 81.0 Å². The molecule has 63 heavy (non-hydrogen) atoms. The average Bonchev–Trinajstić information content (AvgIpc) is 3.66. The third-order valence-corrected chi connectivity index (χ3v) is 14.4. The van der Waals surface area contributed by atoms with Crippen LogP contribution in [0.4, 0.5) is 0 Å². The molecule has 11 aromatic rings. The van der Waals surface area contributed by atoms with Crippen molar-refractivity contribution in [1.82, 2.24) is 0 Å². The van der Waals surface area contributed by atoms with E-state index in [0.717, 1.165) is 12.0 Å². The molecule has 0 unspecified atom stereocenters. The summed E-state index contributed by atoms with van der Waals surface area (Å²) in [6.45, 7) is 13.5. The Morgan fingerprint density at radius 3 is 1.60 bits per heavy atom. The summed E-state index contributed by atoms with van der Waals surface area (Å²) in [5.41, 5.74) is 19.2. The standard InChI is InChI=1S/C63H44/c1-35-15-23-46-53(27-35)51(32-57-49-25-17-38(4)60-37(3)11-7-6-8-12-43(62(49)60)31-55(46)57)41-21-19-40-20-22-42(30-44(40)29-41)52-33-58-50-26-18-39(5)61-48-14-10-9-13-45(48)59(63(50)61)34-56(58)47-24-16-36(2)28-54(47)52/h6-11,13-34H,3,12H2,1-2,4-5H3/b8-6-,11-7-. The lowest BCUT2D eigenvalue weighted by Crippen LogP contribution is -1.96. The van der Waals surface area contributed by atoms with E-state index in [0.29, 0.717) is 0 Å². The third kappa shape index (κ3) is 5.22. The summed E-state index contributed by atoms with van der Waals surface area (Å²) in [6, 6.07) is 56.3. The Balaban J connectivity index is 1.05. The first kappa shape index (κ1) is 36.1. The molecule has 11 aromatic carbocycles. The minimum atomic E-state index is 0.876. The summed E-state index contributed by atoms with van der Waals surface area (Å²) in [5.74, 6) is 0. The van der Waals surface area contributed by atoms with E-state index < -0.39 is 0 Å². The van der Waals surface area contributed by atoms with Gasteiger partial charge in [0.15, 0.2) is 0 Å². The molecule has 0 aliphatic heterocycles. The van der Waals surface area contributed by atoms with Gasteiger partial charge in [0.2, 0.25) is 0 Å². The van der Waals surface area contributed by atoms with Gasteiger partial charge in [-0.25, -0.2) is 0 Å². The normalized spacial score (nSPS) is 14.3. The molecule has 0 bridgehead atoms. The van der Waals surface area contributed by atoms with E-state index in [1.807, 2.05) is 0 Å². The highest BCUT2D eigenvalue weighted by molar-refractivity contribution is 6.29. The van der Waals surface area contributed by atoms with Crippen LogP contribution in [0.15, 0.2) is 176 Å². The molecule has 296 valence electrons. The van der Waals surface area contributed by atoms with Gasteiger partial charge in [-0.15, -0.1) is 0 Å². The molecule has 0 N–H and O–H groups in total. The van der Waals surface area contributed by atoms with Crippen LogP contribution in [0, 0.1) is 27.7 Å². The second-order valence-electron chi connectivity index (χ2n) is 18.3. The SMILES string of the molecule is C=C1/C=C\C=C/Cc2cc3c4ccc(C)cc4c(-c4ccc5ccc(-c6cc7c8ccc(C)c9c8c(cc7c7ccc(C)cc67)-c6ccccc6-9)cc5c4)cc3c3ccc(C)c1c23. The molecule has 0 spiro atoms. The summed E-state index contributed by atoms with van der Waals surface area (Å²) in [7, 11) is 0. The minimum absolute atomic E-state index is 0.876. The summed E-state index contributed by atoms with van der Waals surface area (Å²) < 4.78 is 0. The molecular weight excluding hydrogens is 757 g/mol. The first-order valence-corrected chi connectivity index (χ1v) is 22.3. The maximum atomic E-state index is 4.55. The lowest BCUT2D eigenvalue weighted by molar-refractivity contribution is 1.30. The Hall–Kier alpha value is -7.54. The fourth-order valence-electron chi connectivity index (χ4n) is 11.5. The van der Waals surface area contributed by atoms with Crippen molar-refractivity contribution in [2.45, 2.75) is 34.1 Å². The Morgan fingerprint density at radius 1 is 0.381 bits per heavy atom. The molecule has 0 fully saturated rings. The van der Waals surface area contributed by atoms with Crippen molar-refractivity contribution in [1.29, 1.82) is 0 Å². The van der Waals surface area contributed by atoms with Crippen LogP contribution in [0.5, 0.6) is 0 Å². The van der Waals surface area contributed by atoms with Crippen molar-refractivity contribution in [3.05, 3.63) is 210 Å². The van der Waals surface area contributed by atoms with Crippen LogP contribution >= 0.6 is 0 Å². The highest BCUT2D eigenvalue weighted by Gasteiger charge is 2.25. The van der Waals surface area contributed by atoms with Gasteiger partial charge in [0.25, 0.3) is 0 Å². The fraction of sp³-hybridized carbons (Fsp3) is 0.0794. The lowest BCUT2D eigenvalue weighted by Gasteiger charge is -2.19. The van der Waals surface area contributed by atoms with E-state index in [1.165, 1.54) is 153 Å². The molecule has 2 aliphatic rings. The van der Waals surface area contributed by atoms with Gasteiger partial charge in [-0.05, 0) is 218 Å². The number of hydrogen-bond donors (Lipinski definition) is 0. The van der Waals surface area contributed by atoms with E-state index in [2.05, 4.69) is 204 Å². The second kappa shape index (κ2) is 13.2. The third-order valence-electron chi connectivity index (χ3n) is 14.4. The zero-order valence-electron chi connectivity index (χ0n) is 36.1. The van der Waals surface area contributed by atoms with Gasteiger partial charge >= 0.3 is 0 Å². The quantitative estimate of drug-likeness (QED) is 0.153. The van der Waals surface area contributed by atoms with E-state index >= 15 is 0 Å². The Labute approximate surface area is 367 Å². The zero-order chi connectivity index (χ0) is 42.2. The topological polar surface area (TPSA) is 0 Å². The number of fused-ring (bicyclic) bond motifs is 12. The molecule has 0 nitrogen and oxygen atoms in total. The van der Waals surface area contributed by atoms with E-state index in [4.69, 9.17) is 0 Å². The van der Waals surface area contributed by atoms with Crippen LogP contribution in [0.2, 0.25) is 0 Å². The molecule has 0 heterocycles. The maximum Gasteiger partial charge on any atom is -0.00172 e. The van der Waals surface area contributed by atoms with Gasteiger partial charge in [0.1, 0.15) is 0 Å². The summed E-state index contributed by atoms with van der Waals surface area (Å²) in [6.07, 6.45) is 9.60. The second-order valence-corrected chi connectivity index (χ2v) is 18.3. The summed E-state index contributed by atoms with van der Waals surface area (Å²) in [4.78, 5) is 0. The predicted octanol–water partition coefficient (Wildman–Crippen LogP) is 17.7. The van der Waals surface area contributed by atoms with E-state index in [1.54, 1.807) is 0 Å². The monoisotopic (exact) mass is 800 g/mol. The van der Waals surface area contributed by atoms with Gasteiger partial charge in [-0.3, -0.25) is 0 Å². The Morgan fingerprint density at radius 2 is 0.937 bits per heavy atom. The van der Waals surface area contributed by atoms with Crippen LogP contribution in [-0.2, 0) is 6.42 Å².